The van der Waals surface area contributed by atoms with Gasteiger partial charge in [0.2, 0.25) is 0 Å². The third-order valence-electron chi connectivity index (χ3n) is 4.33. The topological polar surface area (TPSA) is 28.2 Å². The monoisotopic (exact) mass is 259 g/mol. The molecule has 0 spiro atoms. The maximum atomic E-state index is 4.91. The van der Waals surface area contributed by atoms with Crippen LogP contribution in [0.3, 0.4) is 0 Å². The van der Waals surface area contributed by atoms with E-state index in [1.165, 1.54) is 62.1 Å². The maximum Gasteiger partial charge on any atom is 0.128 e. The van der Waals surface area contributed by atoms with Gasteiger partial charge in [0.25, 0.3) is 0 Å². The molecule has 3 rings (SSSR count). The lowest BCUT2D eigenvalue weighted by Gasteiger charge is -2.27. The van der Waals surface area contributed by atoms with Crippen molar-refractivity contribution >= 4 is 5.82 Å². The van der Waals surface area contributed by atoms with E-state index in [2.05, 4.69) is 29.3 Å². The van der Waals surface area contributed by atoms with E-state index in [0.717, 1.165) is 13.1 Å². The molecule has 0 aromatic carbocycles. The Morgan fingerprint density at radius 1 is 1.32 bits per heavy atom. The molecule has 1 fully saturated rings. The first-order valence-electron chi connectivity index (χ1n) is 7.84. The summed E-state index contributed by atoms with van der Waals surface area (Å²) in [5, 5.41) is 3.60. The number of nitrogens with one attached hydrogen (secondary N) is 1. The molecule has 104 valence electrons. The minimum atomic E-state index is 0.654. The average molecular weight is 259 g/mol. The van der Waals surface area contributed by atoms with E-state index in [-0.39, 0.29) is 0 Å². The number of hydrogen-bond donors (Lipinski definition) is 1. The number of hydrogen-bond acceptors (Lipinski definition) is 3. The number of fused-ring (bicyclic) bond motifs is 1. The maximum absolute atomic E-state index is 4.91. The van der Waals surface area contributed by atoms with Crippen LogP contribution in [-0.2, 0) is 12.8 Å². The molecule has 3 heteroatoms. The van der Waals surface area contributed by atoms with Gasteiger partial charge in [-0.2, -0.15) is 0 Å². The second-order valence-corrected chi connectivity index (χ2v) is 5.87. The molecule has 2 aliphatic rings. The molecule has 3 nitrogen and oxygen atoms in total. The fourth-order valence-electron chi connectivity index (χ4n) is 3.33. The molecule has 1 aliphatic carbocycles. The van der Waals surface area contributed by atoms with Crippen molar-refractivity contribution in [3.8, 4) is 0 Å². The Hall–Kier alpha value is -1.09. The Morgan fingerprint density at radius 2 is 2.26 bits per heavy atom. The summed E-state index contributed by atoms with van der Waals surface area (Å²) in [7, 11) is 0. The van der Waals surface area contributed by atoms with Crippen molar-refractivity contribution in [1.29, 1.82) is 0 Å². The van der Waals surface area contributed by atoms with Gasteiger partial charge in [0.1, 0.15) is 5.82 Å². The van der Waals surface area contributed by atoms with Gasteiger partial charge >= 0.3 is 0 Å². The van der Waals surface area contributed by atoms with Gasteiger partial charge in [-0.3, -0.25) is 0 Å². The summed E-state index contributed by atoms with van der Waals surface area (Å²) < 4.78 is 0. The molecule has 1 aliphatic heterocycles. The van der Waals surface area contributed by atoms with Crippen LogP contribution in [-0.4, -0.2) is 30.7 Å². The average Bonchev–Trinajstić information content (AvgIpc) is 3.08. The summed E-state index contributed by atoms with van der Waals surface area (Å²) in [5.41, 5.74) is 2.82. The van der Waals surface area contributed by atoms with Crippen molar-refractivity contribution in [3.63, 3.8) is 0 Å². The van der Waals surface area contributed by atoms with Crippen molar-refractivity contribution in [2.45, 2.75) is 51.5 Å². The molecule has 0 radical (unpaired) electrons. The van der Waals surface area contributed by atoms with Crippen molar-refractivity contribution in [1.82, 2.24) is 10.3 Å². The van der Waals surface area contributed by atoms with Crippen molar-refractivity contribution in [2.24, 2.45) is 0 Å². The Balaban J connectivity index is 1.74. The van der Waals surface area contributed by atoms with Crippen LogP contribution in [0.15, 0.2) is 12.1 Å². The highest BCUT2D eigenvalue weighted by Crippen LogP contribution is 2.24. The predicted octanol–water partition coefficient (Wildman–Crippen LogP) is 2.54. The third-order valence-corrected chi connectivity index (χ3v) is 4.33. The van der Waals surface area contributed by atoms with E-state index in [1.807, 2.05) is 0 Å². The highest BCUT2D eigenvalue weighted by atomic mass is 15.2. The molecule has 1 atom stereocenters. The lowest BCUT2D eigenvalue weighted by Crippen LogP contribution is -2.38. The van der Waals surface area contributed by atoms with Gasteiger partial charge in [-0.05, 0) is 56.7 Å². The van der Waals surface area contributed by atoms with Crippen LogP contribution in [0.4, 0.5) is 5.82 Å². The van der Waals surface area contributed by atoms with Crippen molar-refractivity contribution < 1.29 is 0 Å². The Kier molecular flexibility index (Phi) is 4.02. The normalized spacial score (nSPS) is 21.6. The SMILES string of the molecule is CCCN(CC1CCCN1)c1ccc2c(n1)CCC2. The van der Waals surface area contributed by atoms with Gasteiger partial charge in [-0.1, -0.05) is 13.0 Å². The first-order chi connectivity index (χ1) is 9.36. The zero-order chi connectivity index (χ0) is 13.1. The molecule has 1 unspecified atom stereocenters. The Bertz CT molecular complexity index is 424. The van der Waals surface area contributed by atoms with E-state index in [0.29, 0.717) is 6.04 Å². The second-order valence-electron chi connectivity index (χ2n) is 5.87. The molecule has 0 saturated carbocycles. The third kappa shape index (κ3) is 2.92. The number of pyridine rings is 1. The second kappa shape index (κ2) is 5.91. The first kappa shape index (κ1) is 12.9. The van der Waals surface area contributed by atoms with Crippen molar-refractivity contribution in [2.75, 3.05) is 24.5 Å². The van der Waals surface area contributed by atoms with Gasteiger partial charge in [0, 0.05) is 24.8 Å². The van der Waals surface area contributed by atoms with Crippen LogP contribution < -0.4 is 10.2 Å². The summed E-state index contributed by atoms with van der Waals surface area (Å²) >= 11 is 0. The van der Waals surface area contributed by atoms with Crippen LogP contribution in [0.25, 0.3) is 0 Å². The fraction of sp³-hybridized carbons (Fsp3) is 0.688. The zero-order valence-corrected chi connectivity index (χ0v) is 12.0. The van der Waals surface area contributed by atoms with Gasteiger partial charge in [0.05, 0.1) is 0 Å². The van der Waals surface area contributed by atoms with Crippen LogP contribution in [0.2, 0.25) is 0 Å². The zero-order valence-electron chi connectivity index (χ0n) is 12.0. The molecule has 1 aromatic rings. The van der Waals surface area contributed by atoms with E-state index in [1.54, 1.807) is 0 Å². The Labute approximate surface area is 116 Å². The number of aryl methyl sites for hydroxylation is 2. The van der Waals surface area contributed by atoms with Crippen LogP contribution in [0, 0.1) is 0 Å². The highest BCUT2D eigenvalue weighted by Gasteiger charge is 2.20. The van der Waals surface area contributed by atoms with E-state index in [4.69, 9.17) is 4.98 Å². The van der Waals surface area contributed by atoms with Gasteiger partial charge in [0.15, 0.2) is 0 Å². The molecule has 0 bridgehead atoms. The summed E-state index contributed by atoms with van der Waals surface area (Å²) in [5.74, 6) is 1.19. The van der Waals surface area contributed by atoms with Gasteiger partial charge in [-0.25, -0.2) is 4.98 Å². The summed E-state index contributed by atoms with van der Waals surface area (Å²) in [6, 6.07) is 5.19. The lowest BCUT2D eigenvalue weighted by molar-refractivity contribution is 0.575. The van der Waals surface area contributed by atoms with E-state index < -0.39 is 0 Å². The number of anilines is 1. The Morgan fingerprint density at radius 3 is 3.05 bits per heavy atom. The summed E-state index contributed by atoms with van der Waals surface area (Å²) in [6.45, 7) is 5.66. The van der Waals surface area contributed by atoms with Crippen LogP contribution >= 0.6 is 0 Å². The minimum absolute atomic E-state index is 0.654. The van der Waals surface area contributed by atoms with Gasteiger partial charge in [-0.15, -0.1) is 0 Å². The van der Waals surface area contributed by atoms with Crippen LogP contribution in [0.1, 0.15) is 43.9 Å². The quantitative estimate of drug-likeness (QED) is 0.881. The van der Waals surface area contributed by atoms with Gasteiger partial charge < -0.3 is 10.2 Å². The molecule has 1 saturated heterocycles. The molecule has 19 heavy (non-hydrogen) atoms. The number of aromatic nitrogens is 1. The van der Waals surface area contributed by atoms with E-state index >= 15 is 0 Å². The lowest BCUT2D eigenvalue weighted by atomic mass is 10.2. The largest absolute Gasteiger partial charge is 0.355 e. The molecular formula is C16H25N3. The summed E-state index contributed by atoms with van der Waals surface area (Å²) in [6.07, 6.45) is 7.49. The molecule has 2 heterocycles. The molecular weight excluding hydrogens is 234 g/mol. The molecule has 0 amide bonds. The van der Waals surface area contributed by atoms with Crippen molar-refractivity contribution in [3.05, 3.63) is 23.4 Å². The minimum Gasteiger partial charge on any atom is -0.355 e. The highest BCUT2D eigenvalue weighted by molar-refractivity contribution is 5.43. The number of nitrogens with zero attached hydrogens (tertiary/aromatic N) is 2. The fourth-order valence-corrected chi connectivity index (χ4v) is 3.33. The predicted molar refractivity (Wildman–Crippen MR) is 79.8 cm³/mol. The first-order valence-corrected chi connectivity index (χ1v) is 7.84. The standard InChI is InChI=1S/C16H25N3/c1-2-11-19(12-14-6-4-10-17-14)16-9-8-13-5-3-7-15(13)18-16/h8-9,14,17H,2-7,10-12H2,1H3. The molecule has 1 aromatic heterocycles. The van der Waals surface area contributed by atoms with E-state index in [9.17, 15) is 0 Å². The van der Waals surface area contributed by atoms with Crippen LogP contribution in [0.5, 0.6) is 0 Å². The summed E-state index contributed by atoms with van der Waals surface area (Å²) in [4.78, 5) is 7.39. The molecule has 1 N–H and O–H groups in total. The smallest absolute Gasteiger partial charge is 0.128 e. The number of rotatable bonds is 5.